The molecule has 1 aliphatic heterocycles. The number of aldehydes is 1. The molecule has 4 nitrogen and oxygen atoms in total. The summed E-state index contributed by atoms with van der Waals surface area (Å²) >= 11 is 0. The minimum atomic E-state index is 0.151. The summed E-state index contributed by atoms with van der Waals surface area (Å²) in [5.74, 6) is 0.151. The van der Waals surface area contributed by atoms with E-state index in [0.717, 1.165) is 5.56 Å². The second-order valence-electron chi connectivity index (χ2n) is 3.00. The van der Waals surface area contributed by atoms with Crippen LogP contribution in [0.25, 0.3) is 0 Å². The lowest BCUT2D eigenvalue weighted by atomic mass is 10.1. The van der Waals surface area contributed by atoms with Crippen molar-refractivity contribution >= 4 is 6.29 Å². The molecular weight excluding hydrogens is 170 g/mol. The molecule has 2 rings (SSSR count). The van der Waals surface area contributed by atoms with Gasteiger partial charge in [0.1, 0.15) is 11.4 Å². The lowest BCUT2D eigenvalue weighted by Gasteiger charge is -2.05. The minimum absolute atomic E-state index is 0.151. The number of ether oxygens (including phenoxy) is 1. The lowest BCUT2D eigenvalue weighted by Crippen LogP contribution is -1.99. The van der Waals surface area contributed by atoms with Crippen LogP contribution in [0.5, 0.6) is 5.75 Å². The van der Waals surface area contributed by atoms with Gasteiger partial charge in [-0.2, -0.15) is 0 Å². The van der Waals surface area contributed by atoms with E-state index >= 15 is 0 Å². The average molecular weight is 179 g/mol. The number of aromatic nitrogens is 1. The SMILES string of the molecule is Cc1nc(C=O)c2c(c1O)COC2. The summed E-state index contributed by atoms with van der Waals surface area (Å²) in [6, 6.07) is 0. The Morgan fingerprint density at radius 2 is 2.15 bits per heavy atom. The summed E-state index contributed by atoms with van der Waals surface area (Å²) < 4.78 is 5.13. The zero-order chi connectivity index (χ0) is 9.42. The first-order valence-corrected chi connectivity index (χ1v) is 3.98. The molecule has 1 aliphatic rings. The van der Waals surface area contributed by atoms with Crippen molar-refractivity contribution in [3.63, 3.8) is 0 Å². The first-order chi connectivity index (χ1) is 6.24. The third-order valence-electron chi connectivity index (χ3n) is 2.19. The van der Waals surface area contributed by atoms with Crippen molar-refractivity contribution in [2.75, 3.05) is 0 Å². The summed E-state index contributed by atoms with van der Waals surface area (Å²) in [6.45, 7) is 2.40. The molecule has 0 aliphatic carbocycles. The normalized spacial score (nSPS) is 14.2. The van der Waals surface area contributed by atoms with Gasteiger partial charge < -0.3 is 9.84 Å². The summed E-state index contributed by atoms with van der Waals surface area (Å²) in [4.78, 5) is 14.6. The van der Waals surface area contributed by atoms with E-state index in [1.807, 2.05) is 0 Å². The molecular formula is C9H9NO3. The van der Waals surface area contributed by atoms with Crippen LogP contribution in [0.3, 0.4) is 0 Å². The van der Waals surface area contributed by atoms with E-state index < -0.39 is 0 Å². The number of nitrogens with zero attached hydrogens (tertiary/aromatic N) is 1. The predicted octanol–water partition coefficient (Wildman–Crippen LogP) is 0.938. The molecule has 1 aromatic heterocycles. The highest BCUT2D eigenvalue weighted by Crippen LogP contribution is 2.31. The number of carbonyl (C=O) groups is 1. The zero-order valence-corrected chi connectivity index (χ0v) is 7.20. The Kier molecular flexibility index (Phi) is 1.77. The maximum atomic E-state index is 10.6. The topological polar surface area (TPSA) is 59.4 Å². The number of fused-ring (bicyclic) bond motifs is 1. The van der Waals surface area contributed by atoms with E-state index in [2.05, 4.69) is 4.98 Å². The van der Waals surface area contributed by atoms with Gasteiger partial charge in [-0.3, -0.25) is 4.79 Å². The fraction of sp³-hybridized carbons (Fsp3) is 0.333. The van der Waals surface area contributed by atoms with E-state index in [0.29, 0.717) is 36.5 Å². The summed E-state index contributed by atoms with van der Waals surface area (Å²) in [7, 11) is 0. The van der Waals surface area contributed by atoms with Crippen molar-refractivity contribution in [1.82, 2.24) is 4.98 Å². The van der Waals surface area contributed by atoms with E-state index in [9.17, 15) is 9.90 Å². The fourth-order valence-corrected chi connectivity index (χ4v) is 1.49. The van der Waals surface area contributed by atoms with Crippen LogP contribution in [0.15, 0.2) is 0 Å². The number of aromatic hydroxyl groups is 1. The Labute approximate surface area is 75.2 Å². The third kappa shape index (κ3) is 1.10. The van der Waals surface area contributed by atoms with Crippen molar-refractivity contribution in [3.05, 3.63) is 22.5 Å². The summed E-state index contributed by atoms with van der Waals surface area (Å²) in [5.41, 5.74) is 2.28. The smallest absolute Gasteiger partial charge is 0.168 e. The number of rotatable bonds is 1. The maximum Gasteiger partial charge on any atom is 0.168 e. The van der Waals surface area contributed by atoms with Gasteiger partial charge in [0.15, 0.2) is 6.29 Å². The molecule has 0 amide bonds. The quantitative estimate of drug-likeness (QED) is 0.652. The number of pyridine rings is 1. The first kappa shape index (κ1) is 8.19. The van der Waals surface area contributed by atoms with Gasteiger partial charge >= 0.3 is 0 Å². The van der Waals surface area contributed by atoms with Crippen molar-refractivity contribution in [1.29, 1.82) is 0 Å². The molecule has 4 heteroatoms. The van der Waals surface area contributed by atoms with Crippen LogP contribution in [-0.4, -0.2) is 16.4 Å². The second kappa shape index (κ2) is 2.81. The van der Waals surface area contributed by atoms with Gasteiger partial charge in [-0.05, 0) is 6.92 Å². The number of hydrogen-bond acceptors (Lipinski definition) is 4. The van der Waals surface area contributed by atoms with Crippen molar-refractivity contribution in [2.45, 2.75) is 20.1 Å². The van der Waals surface area contributed by atoms with Gasteiger partial charge in [0.25, 0.3) is 0 Å². The largest absolute Gasteiger partial charge is 0.506 e. The summed E-state index contributed by atoms with van der Waals surface area (Å²) in [5, 5.41) is 9.58. The minimum Gasteiger partial charge on any atom is -0.506 e. The first-order valence-electron chi connectivity index (χ1n) is 3.98. The van der Waals surface area contributed by atoms with Crippen molar-refractivity contribution in [2.24, 2.45) is 0 Å². The average Bonchev–Trinajstić information content (AvgIpc) is 2.60. The maximum absolute atomic E-state index is 10.6. The van der Waals surface area contributed by atoms with Gasteiger partial charge in [-0.15, -0.1) is 0 Å². The van der Waals surface area contributed by atoms with Gasteiger partial charge in [0.05, 0.1) is 18.9 Å². The van der Waals surface area contributed by atoms with Gasteiger partial charge in [0, 0.05) is 11.1 Å². The van der Waals surface area contributed by atoms with Crippen LogP contribution in [0.4, 0.5) is 0 Å². The van der Waals surface area contributed by atoms with E-state index in [1.54, 1.807) is 6.92 Å². The molecule has 1 aromatic rings. The predicted molar refractivity (Wildman–Crippen MR) is 44.5 cm³/mol. The molecule has 0 atom stereocenters. The Hall–Kier alpha value is -1.42. The van der Waals surface area contributed by atoms with Gasteiger partial charge in [-0.1, -0.05) is 0 Å². The van der Waals surface area contributed by atoms with Crippen molar-refractivity contribution < 1.29 is 14.6 Å². The Balaban J connectivity index is 2.70. The highest BCUT2D eigenvalue weighted by Gasteiger charge is 2.21. The lowest BCUT2D eigenvalue weighted by molar-refractivity contribution is 0.111. The van der Waals surface area contributed by atoms with Crippen LogP contribution in [-0.2, 0) is 18.0 Å². The highest BCUT2D eigenvalue weighted by molar-refractivity contribution is 5.76. The van der Waals surface area contributed by atoms with Crippen LogP contribution >= 0.6 is 0 Å². The standard InChI is InChI=1S/C9H9NO3/c1-5-9(12)7-4-13-3-6(7)8(2-11)10-5/h2,12H,3-4H2,1H3. The molecule has 0 saturated carbocycles. The van der Waals surface area contributed by atoms with Crippen LogP contribution in [0, 0.1) is 6.92 Å². The molecule has 0 radical (unpaired) electrons. The van der Waals surface area contributed by atoms with Gasteiger partial charge in [-0.25, -0.2) is 4.98 Å². The monoisotopic (exact) mass is 179 g/mol. The Morgan fingerprint density at radius 1 is 1.46 bits per heavy atom. The van der Waals surface area contributed by atoms with E-state index in [1.165, 1.54) is 0 Å². The molecule has 68 valence electrons. The molecule has 0 fully saturated rings. The highest BCUT2D eigenvalue weighted by atomic mass is 16.5. The Bertz CT molecular complexity index is 374. The molecule has 1 N–H and O–H groups in total. The van der Waals surface area contributed by atoms with Crippen LogP contribution in [0.2, 0.25) is 0 Å². The van der Waals surface area contributed by atoms with Crippen molar-refractivity contribution in [3.8, 4) is 5.75 Å². The second-order valence-corrected chi connectivity index (χ2v) is 3.00. The summed E-state index contributed by atoms with van der Waals surface area (Å²) in [6.07, 6.45) is 0.694. The molecule has 2 heterocycles. The zero-order valence-electron chi connectivity index (χ0n) is 7.20. The number of carbonyl (C=O) groups excluding carboxylic acids is 1. The molecule has 0 saturated heterocycles. The van der Waals surface area contributed by atoms with Crippen LogP contribution in [0.1, 0.15) is 27.3 Å². The third-order valence-corrected chi connectivity index (χ3v) is 2.19. The van der Waals surface area contributed by atoms with Crippen LogP contribution < -0.4 is 0 Å². The number of hydrogen-bond donors (Lipinski definition) is 1. The fourth-order valence-electron chi connectivity index (χ4n) is 1.49. The molecule has 0 aromatic carbocycles. The Morgan fingerprint density at radius 3 is 2.85 bits per heavy atom. The molecule has 13 heavy (non-hydrogen) atoms. The van der Waals surface area contributed by atoms with E-state index in [4.69, 9.17) is 4.74 Å². The van der Waals surface area contributed by atoms with E-state index in [-0.39, 0.29) is 5.75 Å². The molecule has 0 unspecified atom stereocenters. The molecule has 0 bridgehead atoms. The molecule has 0 spiro atoms. The number of aryl methyl sites for hydroxylation is 1. The van der Waals surface area contributed by atoms with Gasteiger partial charge in [0.2, 0.25) is 0 Å².